The van der Waals surface area contributed by atoms with Crippen LogP contribution in [0.1, 0.15) is 70.4 Å². The summed E-state index contributed by atoms with van der Waals surface area (Å²) in [6.45, 7) is 9.71. The van der Waals surface area contributed by atoms with E-state index in [9.17, 15) is 14.4 Å². The van der Waals surface area contributed by atoms with Crippen LogP contribution in [0.5, 0.6) is 6.01 Å². The van der Waals surface area contributed by atoms with Gasteiger partial charge in [-0.05, 0) is 62.2 Å². The number of nitrogens with one attached hydrogen (secondary N) is 3. The Morgan fingerprint density at radius 3 is 2.47 bits per heavy atom. The number of aliphatic hydroxyl groups is 1. The number of fused-ring (bicyclic) bond motifs is 1. The Morgan fingerprint density at radius 2 is 1.80 bits per heavy atom. The molecule has 3 heterocycles. The Labute approximate surface area is 263 Å². The molecule has 1 aliphatic rings. The molecule has 0 unspecified atom stereocenters. The number of aliphatic hydroxyl groups excluding tert-OH is 1. The molecule has 13 nitrogen and oxygen atoms in total. The van der Waals surface area contributed by atoms with Gasteiger partial charge in [0.05, 0.1) is 19.7 Å². The SMILES string of the molecule is CCCCOc1nc(N)c2[nH]c(=O)n(Cc3ccc(CN4CCC(CCNC(=O)CNC(=O)C(C)(C)CCO)CC4)cc3)c2n1. The summed E-state index contributed by atoms with van der Waals surface area (Å²) in [6, 6.07) is 8.45. The molecule has 2 aromatic heterocycles. The summed E-state index contributed by atoms with van der Waals surface area (Å²) in [5, 5.41) is 14.7. The molecule has 3 aromatic rings. The lowest BCUT2D eigenvalue weighted by Gasteiger charge is -2.32. The molecule has 0 atom stereocenters. The van der Waals surface area contributed by atoms with Crippen LogP contribution in [-0.4, -0.2) is 80.7 Å². The van der Waals surface area contributed by atoms with Gasteiger partial charge in [-0.3, -0.25) is 19.1 Å². The van der Waals surface area contributed by atoms with Gasteiger partial charge in [0.15, 0.2) is 11.5 Å². The van der Waals surface area contributed by atoms with E-state index < -0.39 is 5.41 Å². The molecule has 13 heteroatoms. The van der Waals surface area contributed by atoms with Crippen LogP contribution in [0.4, 0.5) is 5.82 Å². The second-order valence-electron chi connectivity index (χ2n) is 12.5. The van der Waals surface area contributed by atoms with Crippen molar-refractivity contribution in [1.29, 1.82) is 0 Å². The molecule has 1 saturated heterocycles. The number of hydrogen-bond acceptors (Lipinski definition) is 9. The monoisotopic (exact) mass is 624 g/mol. The highest BCUT2D eigenvalue weighted by Crippen LogP contribution is 2.23. The third-order valence-electron chi connectivity index (χ3n) is 8.47. The summed E-state index contributed by atoms with van der Waals surface area (Å²) in [6.07, 6.45) is 5.26. The van der Waals surface area contributed by atoms with Crippen LogP contribution in [0.3, 0.4) is 0 Å². The number of likely N-dealkylation sites (tertiary alicyclic amines) is 1. The van der Waals surface area contributed by atoms with Crippen LogP contribution in [-0.2, 0) is 22.7 Å². The number of unbranched alkanes of at least 4 members (excludes halogenated alkanes) is 1. The van der Waals surface area contributed by atoms with Gasteiger partial charge in [-0.2, -0.15) is 9.97 Å². The van der Waals surface area contributed by atoms with Crippen LogP contribution in [0.25, 0.3) is 11.2 Å². The molecule has 246 valence electrons. The van der Waals surface area contributed by atoms with Gasteiger partial charge in [-0.15, -0.1) is 0 Å². The average Bonchev–Trinajstić information content (AvgIpc) is 3.33. The van der Waals surface area contributed by atoms with Crippen LogP contribution < -0.4 is 26.8 Å². The van der Waals surface area contributed by atoms with Gasteiger partial charge in [0, 0.05) is 25.1 Å². The Kier molecular flexibility index (Phi) is 11.9. The molecule has 0 aliphatic carbocycles. The van der Waals surface area contributed by atoms with Crippen molar-refractivity contribution in [2.75, 3.05) is 45.1 Å². The average molecular weight is 625 g/mol. The second kappa shape index (κ2) is 15.8. The molecular weight excluding hydrogens is 576 g/mol. The van der Waals surface area contributed by atoms with E-state index in [1.165, 1.54) is 5.56 Å². The van der Waals surface area contributed by atoms with E-state index in [0.29, 0.717) is 43.2 Å². The number of nitrogen functional groups attached to an aromatic ring is 1. The number of ether oxygens (including phenoxy) is 1. The molecule has 0 spiro atoms. The Hall–Kier alpha value is -3.97. The van der Waals surface area contributed by atoms with Gasteiger partial charge in [0.25, 0.3) is 0 Å². The van der Waals surface area contributed by atoms with Gasteiger partial charge in [0.1, 0.15) is 5.52 Å². The molecule has 1 aromatic carbocycles. The molecule has 2 amide bonds. The number of carbonyl (C=O) groups excluding carboxylic acids is 2. The number of carbonyl (C=O) groups is 2. The van der Waals surface area contributed by atoms with Crippen LogP contribution in [0.2, 0.25) is 0 Å². The van der Waals surface area contributed by atoms with Crippen LogP contribution in [0.15, 0.2) is 29.1 Å². The van der Waals surface area contributed by atoms with Gasteiger partial charge in [-0.1, -0.05) is 51.5 Å². The number of amides is 2. The number of H-pyrrole nitrogens is 1. The van der Waals surface area contributed by atoms with Crippen molar-refractivity contribution in [2.45, 2.75) is 72.4 Å². The lowest BCUT2D eigenvalue weighted by atomic mass is 9.89. The molecule has 0 bridgehead atoms. The second-order valence-corrected chi connectivity index (χ2v) is 12.5. The smallest absolute Gasteiger partial charge is 0.328 e. The fourth-order valence-electron chi connectivity index (χ4n) is 5.45. The quantitative estimate of drug-likeness (QED) is 0.149. The zero-order valence-corrected chi connectivity index (χ0v) is 26.7. The molecule has 6 N–H and O–H groups in total. The Balaban J connectivity index is 1.20. The van der Waals surface area contributed by atoms with E-state index in [2.05, 4.69) is 49.5 Å². The summed E-state index contributed by atoms with van der Waals surface area (Å²) in [4.78, 5) is 50.9. The van der Waals surface area contributed by atoms with Crippen molar-refractivity contribution in [3.05, 3.63) is 45.9 Å². The standard InChI is InChI=1S/C32H48N8O5/c1-4-5-18-45-30-37-27(33)26-28(38-30)40(31(44)36-26)21-24-8-6-23(7-9-24)20-39-15-11-22(12-16-39)10-14-34-25(42)19-35-29(43)32(2,3)13-17-41/h6-9,22,41H,4-5,10-21H2,1-3H3,(H,34,42)(H,35,43)(H,36,44)(H2,33,37,38). The molecule has 0 radical (unpaired) electrons. The molecular formula is C32H48N8O5. The highest BCUT2D eigenvalue weighted by Gasteiger charge is 2.27. The number of rotatable bonds is 16. The number of anilines is 1. The summed E-state index contributed by atoms with van der Waals surface area (Å²) < 4.78 is 7.19. The molecule has 1 aliphatic heterocycles. The first kappa shape index (κ1) is 33.9. The van der Waals surface area contributed by atoms with Crippen molar-refractivity contribution in [2.24, 2.45) is 11.3 Å². The van der Waals surface area contributed by atoms with Crippen LogP contribution >= 0.6 is 0 Å². The minimum atomic E-state index is -0.705. The predicted octanol–water partition coefficient (Wildman–Crippen LogP) is 2.17. The fourth-order valence-corrected chi connectivity index (χ4v) is 5.45. The first-order valence-corrected chi connectivity index (χ1v) is 15.9. The Morgan fingerprint density at radius 1 is 1.11 bits per heavy atom. The summed E-state index contributed by atoms with van der Waals surface area (Å²) in [7, 11) is 0. The number of aromatic amines is 1. The number of nitrogens with zero attached hydrogens (tertiary/aromatic N) is 4. The topological polar surface area (TPSA) is 180 Å². The summed E-state index contributed by atoms with van der Waals surface area (Å²) >= 11 is 0. The molecule has 4 rings (SSSR count). The number of benzene rings is 1. The van der Waals surface area contributed by atoms with E-state index in [0.717, 1.165) is 57.3 Å². The third-order valence-corrected chi connectivity index (χ3v) is 8.47. The maximum absolute atomic E-state index is 12.7. The van der Waals surface area contributed by atoms with Crippen molar-refractivity contribution >= 4 is 28.8 Å². The van der Waals surface area contributed by atoms with E-state index in [4.69, 9.17) is 15.6 Å². The van der Waals surface area contributed by atoms with Crippen molar-refractivity contribution in [1.82, 2.24) is 35.1 Å². The number of hydrogen-bond donors (Lipinski definition) is 5. The van der Waals surface area contributed by atoms with Crippen molar-refractivity contribution in [3.63, 3.8) is 0 Å². The normalized spacial score (nSPS) is 14.5. The number of aromatic nitrogens is 4. The largest absolute Gasteiger partial charge is 0.463 e. The fraction of sp³-hybridized carbons (Fsp3) is 0.594. The molecule has 45 heavy (non-hydrogen) atoms. The van der Waals surface area contributed by atoms with Gasteiger partial charge >= 0.3 is 11.7 Å². The minimum absolute atomic E-state index is 0.0541. The van der Waals surface area contributed by atoms with Crippen molar-refractivity contribution < 1.29 is 19.4 Å². The van der Waals surface area contributed by atoms with E-state index in [1.807, 2.05) is 12.1 Å². The summed E-state index contributed by atoms with van der Waals surface area (Å²) in [5.41, 5.74) is 8.09. The third kappa shape index (κ3) is 9.51. The predicted molar refractivity (Wildman–Crippen MR) is 173 cm³/mol. The van der Waals surface area contributed by atoms with Gasteiger partial charge in [0.2, 0.25) is 11.8 Å². The minimum Gasteiger partial charge on any atom is -0.463 e. The number of imidazole rings is 1. The molecule has 0 saturated carbocycles. The van der Waals surface area contributed by atoms with E-state index in [-0.39, 0.29) is 42.5 Å². The number of nitrogens with two attached hydrogens (primary N) is 1. The van der Waals surface area contributed by atoms with E-state index in [1.54, 1.807) is 18.4 Å². The van der Waals surface area contributed by atoms with Gasteiger partial charge < -0.3 is 31.2 Å². The summed E-state index contributed by atoms with van der Waals surface area (Å²) in [5.74, 6) is 0.303. The highest BCUT2D eigenvalue weighted by molar-refractivity contribution is 5.87. The maximum atomic E-state index is 12.7. The van der Waals surface area contributed by atoms with Gasteiger partial charge in [-0.25, -0.2) is 4.79 Å². The van der Waals surface area contributed by atoms with Crippen LogP contribution in [0, 0.1) is 11.3 Å². The zero-order chi connectivity index (χ0) is 32.4. The lowest BCUT2D eigenvalue weighted by molar-refractivity contribution is -0.132. The van der Waals surface area contributed by atoms with E-state index >= 15 is 0 Å². The highest BCUT2D eigenvalue weighted by atomic mass is 16.5. The lowest BCUT2D eigenvalue weighted by Crippen LogP contribution is -2.43. The number of piperidine rings is 1. The first-order valence-electron chi connectivity index (χ1n) is 15.9. The first-order chi connectivity index (χ1) is 21.6. The molecule has 1 fully saturated rings. The Bertz CT molecular complexity index is 1480. The zero-order valence-electron chi connectivity index (χ0n) is 26.7. The maximum Gasteiger partial charge on any atom is 0.328 e. The van der Waals surface area contributed by atoms with Crippen molar-refractivity contribution in [3.8, 4) is 6.01 Å².